The predicted octanol–water partition coefficient (Wildman–Crippen LogP) is 1.71. The van der Waals surface area contributed by atoms with Crippen molar-refractivity contribution >= 4 is 11.8 Å². The van der Waals surface area contributed by atoms with Gasteiger partial charge in [-0.1, -0.05) is 6.92 Å². The number of anilines is 1. The Labute approximate surface area is 89.9 Å². The van der Waals surface area contributed by atoms with Crippen molar-refractivity contribution in [1.29, 1.82) is 0 Å². The van der Waals surface area contributed by atoms with Gasteiger partial charge in [0, 0.05) is 20.3 Å². The smallest absolute Gasteiger partial charge is 0.338 e. The highest BCUT2D eigenvalue weighted by atomic mass is 16.5. The second-order valence-electron chi connectivity index (χ2n) is 3.43. The van der Waals surface area contributed by atoms with Gasteiger partial charge in [0.2, 0.25) is 0 Å². The molecule has 0 saturated heterocycles. The molecule has 1 rings (SSSR count). The van der Waals surface area contributed by atoms with Gasteiger partial charge in [0.1, 0.15) is 5.82 Å². The molecular formula is C11H16N2O2. The van der Waals surface area contributed by atoms with Gasteiger partial charge in [-0.25, -0.2) is 9.78 Å². The summed E-state index contributed by atoms with van der Waals surface area (Å²) in [6.45, 7) is 2.42. The summed E-state index contributed by atoms with van der Waals surface area (Å²) in [5, 5.41) is 0. The lowest BCUT2D eigenvalue weighted by Gasteiger charge is -2.11. The van der Waals surface area contributed by atoms with Gasteiger partial charge in [0.05, 0.1) is 12.2 Å². The van der Waals surface area contributed by atoms with Crippen molar-refractivity contribution < 1.29 is 9.53 Å². The molecule has 82 valence electrons. The van der Waals surface area contributed by atoms with Crippen molar-refractivity contribution in [3.05, 3.63) is 23.9 Å². The lowest BCUT2D eigenvalue weighted by Crippen LogP contribution is -2.12. The number of esters is 1. The fourth-order valence-corrected chi connectivity index (χ4v) is 1.07. The number of ether oxygens (including phenoxy) is 1. The molecule has 0 amide bonds. The first-order valence-corrected chi connectivity index (χ1v) is 4.95. The molecule has 0 atom stereocenters. The van der Waals surface area contributed by atoms with E-state index in [0.29, 0.717) is 12.2 Å². The molecule has 0 aliphatic rings. The highest BCUT2D eigenvalue weighted by Gasteiger charge is 2.08. The molecule has 0 aromatic carbocycles. The topological polar surface area (TPSA) is 42.4 Å². The quantitative estimate of drug-likeness (QED) is 0.706. The molecule has 1 heterocycles. The molecule has 0 spiro atoms. The van der Waals surface area contributed by atoms with Crippen LogP contribution in [-0.4, -0.2) is 31.7 Å². The van der Waals surface area contributed by atoms with Crippen molar-refractivity contribution in [2.24, 2.45) is 0 Å². The molecule has 0 saturated carbocycles. The molecule has 0 unspecified atom stereocenters. The summed E-state index contributed by atoms with van der Waals surface area (Å²) in [4.78, 5) is 17.5. The van der Waals surface area contributed by atoms with Crippen molar-refractivity contribution in [3.8, 4) is 0 Å². The van der Waals surface area contributed by atoms with E-state index in [1.165, 1.54) is 0 Å². The van der Waals surface area contributed by atoms with E-state index in [-0.39, 0.29) is 5.97 Å². The van der Waals surface area contributed by atoms with Crippen LogP contribution in [0.15, 0.2) is 18.3 Å². The maximum absolute atomic E-state index is 11.5. The lowest BCUT2D eigenvalue weighted by atomic mass is 10.2. The number of nitrogens with zero attached hydrogens (tertiary/aromatic N) is 2. The van der Waals surface area contributed by atoms with Crippen molar-refractivity contribution in [1.82, 2.24) is 4.98 Å². The van der Waals surface area contributed by atoms with E-state index in [2.05, 4.69) is 4.98 Å². The third kappa shape index (κ3) is 3.23. The zero-order valence-corrected chi connectivity index (χ0v) is 9.36. The van der Waals surface area contributed by atoms with Crippen LogP contribution in [0.5, 0.6) is 0 Å². The van der Waals surface area contributed by atoms with Crippen LogP contribution < -0.4 is 4.90 Å². The highest BCUT2D eigenvalue weighted by Crippen LogP contribution is 2.10. The second kappa shape index (κ2) is 5.34. The number of hydrogen-bond donors (Lipinski definition) is 0. The maximum Gasteiger partial charge on any atom is 0.338 e. The number of rotatable bonds is 4. The molecule has 0 aliphatic carbocycles. The van der Waals surface area contributed by atoms with Gasteiger partial charge in [-0.05, 0) is 18.6 Å². The van der Waals surface area contributed by atoms with E-state index in [1.807, 2.05) is 25.9 Å². The number of carbonyl (C=O) groups excluding carboxylic acids is 1. The minimum atomic E-state index is -0.289. The standard InChI is InChI=1S/C11H16N2O2/c1-4-7-15-11(14)9-5-6-12-10(8-9)13(2)3/h5-6,8H,4,7H2,1-3H3. The third-order valence-corrected chi connectivity index (χ3v) is 1.88. The Balaban J connectivity index is 2.76. The van der Waals surface area contributed by atoms with E-state index >= 15 is 0 Å². The van der Waals surface area contributed by atoms with E-state index < -0.39 is 0 Å². The van der Waals surface area contributed by atoms with Crippen molar-refractivity contribution in [2.75, 3.05) is 25.6 Å². The summed E-state index contributed by atoms with van der Waals surface area (Å²) < 4.78 is 5.03. The molecule has 0 radical (unpaired) electrons. The van der Waals surface area contributed by atoms with E-state index in [1.54, 1.807) is 18.3 Å². The van der Waals surface area contributed by atoms with Crippen LogP contribution in [-0.2, 0) is 4.74 Å². The SMILES string of the molecule is CCCOC(=O)c1ccnc(N(C)C)c1. The molecule has 1 aromatic rings. The normalized spacial score (nSPS) is 9.80. The zero-order valence-electron chi connectivity index (χ0n) is 9.36. The van der Waals surface area contributed by atoms with Crippen LogP contribution in [0.25, 0.3) is 0 Å². The molecule has 0 bridgehead atoms. The number of aromatic nitrogens is 1. The molecule has 1 aromatic heterocycles. The van der Waals surface area contributed by atoms with Gasteiger partial charge in [-0.3, -0.25) is 0 Å². The molecule has 0 N–H and O–H groups in total. The van der Waals surface area contributed by atoms with E-state index in [4.69, 9.17) is 4.74 Å². The molecule has 15 heavy (non-hydrogen) atoms. The van der Waals surface area contributed by atoms with Crippen LogP contribution in [0.4, 0.5) is 5.82 Å². The summed E-state index contributed by atoms with van der Waals surface area (Å²) in [5.41, 5.74) is 0.544. The van der Waals surface area contributed by atoms with Gasteiger partial charge in [-0.15, -0.1) is 0 Å². The highest BCUT2D eigenvalue weighted by molar-refractivity contribution is 5.90. The Hall–Kier alpha value is -1.58. The third-order valence-electron chi connectivity index (χ3n) is 1.88. The van der Waals surface area contributed by atoms with E-state index in [9.17, 15) is 4.79 Å². The fourth-order valence-electron chi connectivity index (χ4n) is 1.07. The first-order valence-electron chi connectivity index (χ1n) is 4.95. The monoisotopic (exact) mass is 208 g/mol. The van der Waals surface area contributed by atoms with Crippen molar-refractivity contribution in [2.45, 2.75) is 13.3 Å². The number of pyridine rings is 1. The van der Waals surface area contributed by atoms with Crippen LogP contribution in [0, 0.1) is 0 Å². The Morgan fingerprint density at radius 2 is 2.27 bits per heavy atom. The average molecular weight is 208 g/mol. The maximum atomic E-state index is 11.5. The summed E-state index contributed by atoms with van der Waals surface area (Å²) >= 11 is 0. The summed E-state index contributed by atoms with van der Waals surface area (Å²) in [5.74, 6) is 0.461. The predicted molar refractivity (Wildman–Crippen MR) is 59.1 cm³/mol. The Morgan fingerprint density at radius 3 is 2.87 bits per heavy atom. The van der Waals surface area contributed by atoms with Gasteiger partial charge in [0.15, 0.2) is 0 Å². The first-order chi connectivity index (χ1) is 7.15. The summed E-state index contributed by atoms with van der Waals surface area (Å²) in [6, 6.07) is 3.38. The molecule has 4 heteroatoms. The fraction of sp³-hybridized carbons (Fsp3) is 0.455. The van der Waals surface area contributed by atoms with Crippen LogP contribution in [0.1, 0.15) is 23.7 Å². The number of hydrogen-bond acceptors (Lipinski definition) is 4. The largest absolute Gasteiger partial charge is 0.462 e. The van der Waals surface area contributed by atoms with Crippen LogP contribution >= 0.6 is 0 Å². The average Bonchev–Trinajstić information content (AvgIpc) is 2.26. The molecule has 0 fully saturated rings. The summed E-state index contributed by atoms with van der Waals surface area (Å²) in [6.07, 6.45) is 2.44. The summed E-state index contributed by atoms with van der Waals surface area (Å²) in [7, 11) is 3.76. The van der Waals surface area contributed by atoms with Gasteiger partial charge < -0.3 is 9.64 Å². The van der Waals surface area contributed by atoms with Crippen LogP contribution in [0.2, 0.25) is 0 Å². The molecular weight excluding hydrogens is 192 g/mol. The minimum absolute atomic E-state index is 0.289. The van der Waals surface area contributed by atoms with Crippen molar-refractivity contribution in [3.63, 3.8) is 0 Å². The zero-order chi connectivity index (χ0) is 11.3. The van der Waals surface area contributed by atoms with Gasteiger partial charge >= 0.3 is 5.97 Å². The minimum Gasteiger partial charge on any atom is -0.462 e. The lowest BCUT2D eigenvalue weighted by molar-refractivity contribution is 0.0505. The number of carbonyl (C=O) groups is 1. The molecule has 4 nitrogen and oxygen atoms in total. The Bertz CT molecular complexity index is 337. The van der Waals surface area contributed by atoms with Gasteiger partial charge in [-0.2, -0.15) is 0 Å². The van der Waals surface area contributed by atoms with Gasteiger partial charge in [0.25, 0.3) is 0 Å². The first kappa shape index (κ1) is 11.5. The second-order valence-corrected chi connectivity index (χ2v) is 3.43. The Morgan fingerprint density at radius 1 is 1.53 bits per heavy atom. The Kier molecular flexibility index (Phi) is 4.09. The van der Waals surface area contributed by atoms with Crippen LogP contribution in [0.3, 0.4) is 0 Å². The molecule has 0 aliphatic heterocycles. The van der Waals surface area contributed by atoms with E-state index in [0.717, 1.165) is 12.2 Å².